The molecule has 0 radical (unpaired) electrons. The summed E-state index contributed by atoms with van der Waals surface area (Å²) in [6, 6.07) is 4.58. The van der Waals surface area contributed by atoms with E-state index in [2.05, 4.69) is 0 Å². The lowest BCUT2D eigenvalue weighted by Gasteiger charge is -1.98. The molecule has 0 saturated heterocycles. The molecular formula is C9H6Cl2O2S. The van der Waals surface area contributed by atoms with Gasteiger partial charge in [0, 0.05) is 10.6 Å². The number of fused-ring (bicyclic) bond motifs is 1. The molecule has 0 N–H and O–H groups in total. The van der Waals surface area contributed by atoms with Crippen LogP contribution in [0.4, 0.5) is 0 Å². The van der Waals surface area contributed by atoms with E-state index in [9.17, 15) is 8.42 Å². The van der Waals surface area contributed by atoms with Crippen LogP contribution in [-0.4, -0.2) is 8.42 Å². The monoisotopic (exact) mass is 248 g/mol. The number of halogens is 2. The van der Waals surface area contributed by atoms with Crippen molar-refractivity contribution < 1.29 is 8.42 Å². The molecule has 2 nitrogen and oxygen atoms in total. The van der Waals surface area contributed by atoms with Gasteiger partial charge in [0.25, 0.3) is 0 Å². The van der Waals surface area contributed by atoms with E-state index in [0.717, 1.165) is 0 Å². The molecule has 1 aliphatic heterocycles. The molecule has 74 valence electrons. The Morgan fingerprint density at radius 2 is 1.86 bits per heavy atom. The minimum atomic E-state index is -3.36. The first-order valence-corrected chi connectivity index (χ1v) is 6.10. The summed E-state index contributed by atoms with van der Waals surface area (Å²) >= 11 is 11.6. The molecule has 1 heterocycles. The number of allylic oxidation sites excluding steroid dienone is 1. The average Bonchev–Trinajstić information content (AvgIpc) is 2.28. The second-order valence-electron chi connectivity index (χ2n) is 3.01. The first kappa shape index (κ1) is 10.0. The van der Waals surface area contributed by atoms with Gasteiger partial charge in [0.15, 0.2) is 0 Å². The summed E-state index contributed by atoms with van der Waals surface area (Å²) in [6.45, 7) is 1.49. The lowest BCUT2D eigenvalue weighted by atomic mass is 10.2. The zero-order valence-electron chi connectivity index (χ0n) is 7.21. The summed E-state index contributed by atoms with van der Waals surface area (Å²) in [5, 5.41) is 0.745. The third-order valence-electron chi connectivity index (χ3n) is 2.18. The van der Waals surface area contributed by atoms with E-state index in [1.54, 1.807) is 12.1 Å². The Labute approximate surface area is 92.1 Å². The Morgan fingerprint density at radius 1 is 1.21 bits per heavy atom. The third kappa shape index (κ3) is 1.20. The van der Waals surface area contributed by atoms with Gasteiger partial charge in [-0.25, -0.2) is 8.42 Å². The molecule has 0 spiro atoms. The van der Waals surface area contributed by atoms with Crippen LogP contribution >= 0.6 is 23.2 Å². The van der Waals surface area contributed by atoms with Gasteiger partial charge in [0.1, 0.15) is 0 Å². The molecule has 5 heteroatoms. The van der Waals surface area contributed by atoms with Crippen molar-refractivity contribution in [2.75, 3.05) is 0 Å². The van der Waals surface area contributed by atoms with Crippen LogP contribution in [0.3, 0.4) is 0 Å². The maximum absolute atomic E-state index is 11.7. The summed E-state index contributed by atoms with van der Waals surface area (Å²) in [4.78, 5) is 0.431. The molecule has 0 aliphatic carbocycles. The Morgan fingerprint density at radius 3 is 2.50 bits per heavy atom. The van der Waals surface area contributed by atoms with Gasteiger partial charge >= 0.3 is 0 Å². The molecule has 0 fully saturated rings. The van der Waals surface area contributed by atoms with Gasteiger partial charge in [-0.15, -0.1) is 0 Å². The van der Waals surface area contributed by atoms with Crippen LogP contribution in [0.5, 0.6) is 0 Å². The van der Waals surface area contributed by atoms with E-state index in [4.69, 9.17) is 23.2 Å². The predicted octanol–water partition coefficient (Wildman–Crippen LogP) is 3.05. The molecule has 0 saturated carbocycles. The van der Waals surface area contributed by atoms with Crippen molar-refractivity contribution in [2.45, 2.75) is 11.8 Å². The highest BCUT2D eigenvalue weighted by Crippen LogP contribution is 2.41. The van der Waals surface area contributed by atoms with Crippen LogP contribution in [0.2, 0.25) is 5.02 Å². The normalized spacial score (nSPS) is 18.5. The summed E-state index contributed by atoms with van der Waals surface area (Å²) in [7, 11) is -3.36. The van der Waals surface area contributed by atoms with Crippen molar-refractivity contribution in [2.24, 2.45) is 0 Å². The number of rotatable bonds is 0. The van der Waals surface area contributed by atoms with E-state index >= 15 is 0 Å². The van der Waals surface area contributed by atoms with Crippen molar-refractivity contribution in [1.82, 2.24) is 0 Å². The number of sulfone groups is 1. The van der Waals surface area contributed by atoms with Crippen molar-refractivity contribution >= 4 is 38.1 Å². The van der Waals surface area contributed by atoms with Gasteiger partial charge in [-0.2, -0.15) is 0 Å². The number of hydrogen-bond acceptors (Lipinski definition) is 2. The van der Waals surface area contributed by atoms with Gasteiger partial charge in [0.2, 0.25) is 9.84 Å². The molecule has 0 bridgehead atoms. The second-order valence-corrected chi connectivity index (χ2v) is 5.89. The largest absolute Gasteiger partial charge is 0.219 e. The van der Waals surface area contributed by atoms with Gasteiger partial charge in [-0.05, 0) is 25.1 Å². The number of hydrogen-bond donors (Lipinski definition) is 0. The lowest BCUT2D eigenvalue weighted by Crippen LogP contribution is -1.97. The summed E-state index contributed by atoms with van der Waals surface area (Å²) < 4.78 is 23.4. The standard InChI is InChI=1S/C9H6Cl2O2S/c1-5-9(11)7-4-6(10)2-3-8(7)14(5,12)13/h2-4H,1H3. The third-order valence-corrected chi connectivity index (χ3v) is 4.96. The Hall–Kier alpha value is -0.510. The van der Waals surface area contributed by atoms with Gasteiger partial charge in [-0.1, -0.05) is 23.2 Å². The van der Waals surface area contributed by atoms with Crippen molar-refractivity contribution in [1.29, 1.82) is 0 Å². The van der Waals surface area contributed by atoms with Crippen LogP contribution in [0, 0.1) is 0 Å². The minimum absolute atomic E-state index is 0.191. The van der Waals surface area contributed by atoms with Crippen LogP contribution in [0.1, 0.15) is 12.5 Å². The van der Waals surface area contributed by atoms with Gasteiger partial charge in [0.05, 0.1) is 14.8 Å². The van der Waals surface area contributed by atoms with Crippen molar-refractivity contribution in [3.05, 3.63) is 33.7 Å². The molecule has 0 amide bonds. The molecule has 14 heavy (non-hydrogen) atoms. The lowest BCUT2D eigenvalue weighted by molar-refractivity contribution is 0.603. The van der Waals surface area contributed by atoms with E-state index in [-0.39, 0.29) is 14.8 Å². The maximum Gasteiger partial charge on any atom is 0.204 e. The highest BCUT2D eigenvalue weighted by molar-refractivity contribution is 7.96. The fourth-order valence-electron chi connectivity index (χ4n) is 1.38. The predicted molar refractivity (Wildman–Crippen MR) is 57.1 cm³/mol. The highest BCUT2D eigenvalue weighted by atomic mass is 35.5. The Bertz CT molecular complexity index is 544. The summed E-state index contributed by atoms with van der Waals surface area (Å²) in [6.07, 6.45) is 0. The number of benzene rings is 1. The van der Waals surface area contributed by atoms with E-state index in [0.29, 0.717) is 10.6 Å². The van der Waals surface area contributed by atoms with Gasteiger partial charge < -0.3 is 0 Å². The fourth-order valence-corrected chi connectivity index (χ4v) is 3.44. The Kier molecular flexibility index (Phi) is 2.14. The van der Waals surface area contributed by atoms with E-state index < -0.39 is 9.84 Å². The topological polar surface area (TPSA) is 34.1 Å². The highest BCUT2D eigenvalue weighted by Gasteiger charge is 2.31. The van der Waals surface area contributed by atoms with Crippen LogP contribution < -0.4 is 0 Å². The zero-order valence-corrected chi connectivity index (χ0v) is 9.54. The smallest absolute Gasteiger partial charge is 0.204 e. The summed E-state index contributed by atoms with van der Waals surface area (Å²) in [5.41, 5.74) is 0.497. The maximum atomic E-state index is 11.7. The van der Waals surface area contributed by atoms with E-state index in [1.807, 2.05) is 0 Å². The molecule has 1 aromatic carbocycles. The quantitative estimate of drug-likeness (QED) is 0.708. The van der Waals surface area contributed by atoms with Crippen LogP contribution in [0.25, 0.3) is 5.03 Å². The van der Waals surface area contributed by atoms with Crippen molar-refractivity contribution in [3.63, 3.8) is 0 Å². The molecular weight excluding hydrogens is 243 g/mol. The first-order valence-electron chi connectivity index (χ1n) is 3.86. The molecule has 0 unspecified atom stereocenters. The fraction of sp³-hybridized carbons (Fsp3) is 0.111. The second kappa shape index (κ2) is 2.99. The zero-order chi connectivity index (χ0) is 10.5. The average molecular weight is 249 g/mol. The molecule has 1 aliphatic rings. The van der Waals surface area contributed by atoms with Gasteiger partial charge in [-0.3, -0.25) is 0 Å². The van der Waals surface area contributed by atoms with Crippen LogP contribution in [0.15, 0.2) is 28.0 Å². The molecule has 0 atom stereocenters. The van der Waals surface area contributed by atoms with Crippen molar-refractivity contribution in [3.8, 4) is 0 Å². The van der Waals surface area contributed by atoms with E-state index in [1.165, 1.54) is 13.0 Å². The molecule has 1 aromatic rings. The molecule has 0 aromatic heterocycles. The Balaban J connectivity index is 2.87. The summed E-state index contributed by atoms with van der Waals surface area (Å²) in [5.74, 6) is 0. The minimum Gasteiger partial charge on any atom is -0.219 e. The molecule has 2 rings (SSSR count). The SMILES string of the molecule is CC1=C(Cl)c2cc(Cl)ccc2S1(=O)=O. The first-order chi connectivity index (χ1) is 6.44. The van der Waals surface area contributed by atoms with Crippen LogP contribution in [-0.2, 0) is 9.84 Å².